The van der Waals surface area contributed by atoms with Gasteiger partial charge in [-0.1, -0.05) is 0 Å². The van der Waals surface area contributed by atoms with Gasteiger partial charge in [0, 0.05) is 37.2 Å². The average Bonchev–Trinajstić information content (AvgIpc) is 2.93. The number of ether oxygens (including phenoxy) is 4. The van der Waals surface area contributed by atoms with Gasteiger partial charge in [0.2, 0.25) is 6.29 Å². The topological polar surface area (TPSA) is 167 Å². The number of carbonyl (C=O) groups is 3. The summed E-state index contributed by atoms with van der Waals surface area (Å²) in [6, 6.07) is 8.91. The zero-order chi connectivity index (χ0) is 25.5. The van der Waals surface area contributed by atoms with Crippen LogP contribution in [-0.2, 0) is 18.9 Å². The van der Waals surface area contributed by atoms with Crippen LogP contribution in [0.4, 0.5) is 0 Å². The van der Waals surface area contributed by atoms with E-state index >= 15 is 0 Å². The summed E-state index contributed by atoms with van der Waals surface area (Å²) in [6.45, 7) is -0.510. The third-order valence-electron chi connectivity index (χ3n) is 5.18. The maximum atomic E-state index is 12.6. The standard InChI is InChI=1S/C24H21N3O9/c28-18-17(13-33-21(30)14-4-1-7-25-10-14)34-24(36-23(32)16-6-3-9-27-12-16)19(29)20(18)35-22(31)15-5-2-8-26-11-15/h1-12,17-20,24,28-29H,13H2/t17-,18-,19-,20+,24-/m1/s1. The lowest BCUT2D eigenvalue weighted by Crippen LogP contribution is -2.61. The van der Waals surface area contributed by atoms with Gasteiger partial charge in [0.25, 0.3) is 0 Å². The van der Waals surface area contributed by atoms with Crippen LogP contribution < -0.4 is 0 Å². The molecule has 3 aromatic rings. The van der Waals surface area contributed by atoms with Crippen LogP contribution in [-0.4, -0.2) is 80.4 Å². The first-order valence-corrected chi connectivity index (χ1v) is 10.7. The molecule has 1 aliphatic heterocycles. The maximum Gasteiger partial charge on any atom is 0.342 e. The largest absolute Gasteiger partial charge is 0.459 e. The molecule has 3 aromatic heterocycles. The molecule has 0 spiro atoms. The molecule has 0 aromatic carbocycles. The molecule has 5 atom stereocenters. The lowest BCUT2D eigenvalue weighted by atomic mass is 9.98. The van der Waals surface area contributed by atoms with Gasteiger partial charge in [0.05, 0.1) is 16.7 Å². The van der Waals surface area contributed by atoms with Gasteiger partial charge in [0.15, 0.2) is 12.2 Å². The normalized spacial score (nSPS) is 23.3. The summed E-state index contributed by atoms with van der Waals surface area (Å²) in [7, 11) is 0. The number of hydrogen-bond acceptors (Lipinski definition) is 12. The van der Waals surface area contributed by atoms with Crippen LogP contribution in [0.2, 0.25) is 0 Å². The monoisotopic (exact) mass is 495 g/mol. The third-order valence-corrected chi connectivity index (χ3v) is 5.18. The molecule has 4 heterocycles. The molecule has 0 unspecified atom stereocenters. The predicted molar refractivity (Wildman–Crippen MR) is 118 cm³/mol. The van der Waals surface area contributed by atoms with E-state index < -0.39 is 55.2 Å². The van der Waals surface area contributed by atoms with Crippen LogP contribution in [0.1, 0.15) is 31.1 Å². The Balaban J connectivity index is 1.51. The van der Waals surface area contributed by atoms with Crippen molar-refractivity contribution in [1.29, 1.82) is 0 Å². The summed E-state index contributed by atoms with van der Waals surface area (Å²) in [5.74, 6) is -2.53. The molecular weight excluding hydrogens is 474 g/mol. The van der Waals surface area contributed by atoms with E-state index in [4.69, 9.17) is 18.9 Å². The zero-order valence-corrected chi connectivity index (χ0v) is 18.6. The van der Waals surface area contributed by atoms with Crippen molar-refractivity contribution < 1.29 is 43.5 Å². The molecule has 12 heteroatoms. The quantitative estimate of drug-likeness (QED) is 0.346. The second-order valence-corrected chi connectivity index (χ2v) is 7.62. The fourth-order valence-corrected chi connectivity index (χ4v) is 3.33. The molecule has 0 radical (unpaired) electrons. The second-order valence-electron chi connectivity index (χ2n) is 7.62. The number of aromatic nitrogens is 3. The molecule has 2 N–H and O–H groups in total. The summed E-state index contributed by atoms with van der Waals surface area (Å²) in [6.07, 6.45) is 0.169. The van der Waals surface area contributed by atoms with Gasteiger partial charge < -0.3 is 29.2 Å². The lowest BCUT2D eigenvalue weighted by Gasteiger charge is -2.41. The molecule has 186 valence electrons. The Morgan fingerprint density at radius 2 is 1.25 bits per heavy atom. The van der Waals surface area contributed by atoms with Crippen LogP contribution in [0, 0.1) is 0 Å². The number of aliphatic hydroxyl groups excluding tert-OH is 2. The highest BCUT2D eigenvalue weighted by Crippen LogP contribution is 2.26. The van der Waals surface area contributed by atoms with Gasteiger partial charge in [-0.25, -0.2) is 14.4 Å². The van der Waals surface area contributed by atoms with Crippen LogP contribution in [0.3, 0.4) is 0 Å². The van der Waals surface area contributed by atoms with E-state index in [1.807, 2.05) is 0 Å². The Hall–Kier alpha value is -4.26. The summed E-state index contributed by atoms with van der Waals surface area (Å²) >= 11 is 0. The van der Waals surface area contributed by atoms with Crippen LogP contribution in [0.15, 0.2) is 73.6 Å². The van der Waals surface area contributed by atoms with E-state index in [0.29, 0.717) is 0 Å². The van der Waals surface area contributed by atoms with Crippen molar-refractivity contribution in [2.24, 2.45) is 0 Å². The fourth-order valence-electron chi connectivity index (χ4n) is 3.33. The van der Waals surface area contributed by atoms with E-state index in [2.05, 4.69) is 15.0 Å². The molecule has 0 amide bonds. The van der Waals surface area contributed by atoms with E-state index in [1.165, 1.54) is 67.5 Å². The Labute approximate surface area is 204 Å². The van der Waals surface area contributed by atoms with Gasteiger partial charge in [-0.3, -0.25) is 15.0 Å². The molecule has 36 heavy (non-hydrogen) atoms. The van der Waals surface area contributed by atoms with Crippen molar-refractivity contribution in [2.75, 3.05) is 6.61 Å². The Morgan fingerprint density at radius 3 is 1.75 bits per heavy atom. The van der Waals surface area contributed by atoms with Crippen molar-refractivity contribution >= 4 is 17.9 Å². The minimum absolute atomic E-state index is 0.0619. The van der Waals surface area contributed by atoms with Crippen molar-refractivity contribution in [1.82, 2.24) is 15.0 Å². The Morgan fingerprint density at radius 1 is 0.750 bits per heavy atom. The highest BCUT2D eigenvalue weighted by atomic mass is 16.7. The van der Waals surface area contributed by atoms with Gasteiger partial charge in [-0.2, -0.15) is 0 Å². The summed E-state index contributed by atoms with van der Waals surface area (Å²) < 4.78 is 21.3. The van der Waals surface area contributed by atoms with E-state index in [-0.39, 0.29) is 16.7 Å². The van der Waals surface area contributed by atoms with Crippen LogP contribution in [0.5, 0.6) is 0 Å². The second kappa shape index (κ2) is 11.4. The number of nitrogens with zero attached hydrogens (tertiary/aromatic N) is 3. The number of pyridine rings is 3. The predicted octanol–water partition coefficient (Wildman–Crippen LogP) is 0.558. The zero-order valence-electron chi connectivity index (χ0n) is 18.6. The Kier molecular flexibility index (Phi) is 7.90. The van der Waals surface area contributed by atoms with Gasteiger partial charge in [-0.15, -0.1) is 0 Å². The van der Waals surface area contributed by atoms with Crippen molar-refractivity contribution in [3.63, 3.8) is 0 Å². The summed E-state index contributed by atoms with van der Waals surface area (Å²) in [4.78, 5) is 48.9. The van der Waals surface area contributed by atoms with Crippen molar-refractivity contribution in [3.8, 4) is 0 Å². The van der Waals surface area contributed by atoms with E-state index in [1.54, 1.807) is 6.07 Å². The first-order valence-electron chi connectivity index (χ1n) is 10.7. The van der Waals surface area contributed by atoms with Gasteiger partial charge in [0.1, 0.15) is 18.8 Å². The lowest BCUT2D eigenvalue weighted by molar-refractivity contribution is -0.284. The Bertz CT molecular complexity index is 1180. The highest BCUT2D eigenvalue weighted by Gasteiger charge is 2.49. The molecule has 0 aliphatic carbocycles. The highest BCUT2D eigenvalue weighted by molar-refractivity contribution is 5.90. The summed E-state index contributed by atoms with van der Waals surface area (Å²) in [5, 5.41) is 21.6. The number of hydrogen-bond donors (Lipinski definition) is 2. The van der Waals surface area contributed by atoms with Gasteiger partial charge >= 0.3 is 17.9 Å². The molecule has 1 aliphatic rings. The molecule has 1 fully saturated rings. The van der Waals surface area contributed by atoms with E-state index in [0.717, 1.165) is 0 Å². The SMILES string of the molecule is O=C(OC[C@H]1O[C@H](OC(=O)c2cccnc2)[C@H](O)[C@@H](OC(=O)c2cccnc2)[C@@H]1O)c1cccnc1. The smallest absolute Gasteiger partial charge is 0.342 e. The molecule has 0 bridgehead atoms. The third kappa shape index (κ3) is 5.86. The van der Waals surface area contributed by atoms with Crippen LogP contribution >= 0.6 is 0 Å². The molecular formula is C24H21N3O9. The first kappa shape index (κ1) is 24.9. The minimum Gasteiger partial charge on any atom is -0.459 e. The van der Waals surface area contributed by atoms with Crippen molar-refractivity contribution in [2.45, 2.75) is 30.7 Å². The van der Waals surface area contributed by atoms with Crippen LogP contribution in [0.25, 0.3) is 0 Å². The average molecular weight is 495 g/mol. The molecule has 1 saturated heterocycles. The van der Waals surface area contributed by atoms with E-state index in [9.17, 15) is 24.6 Å². The number of carbonyl (C=O) groups excluding carboxylic acids is 3. The van der Waals surface area contributed by atoms with Gasteiger partial charge in [-0.05, 0) is 36.4 Å². The number of esters is 3. The van der Waals surface area contributed by atoms with Crippen molar-refractivity contribution in [3.05, 3.63) is 90.3 Å². The molecule has 0 saturated carbocycles. The fraction of sp³-hybridized carbons (Fsp3) is 0.250. The molecule has 4 rings (SSSR count). The first-order chi connectivity index (χ1) is 17.4. The number of aliphatic hydroxyl groups is 2. The molecule has 12 nitrogen and oxygen atoms in total. The summed E-state index contributed by atoms with van der Waals surface area (Å²) in [5.41, 5.74) is 0.289. The number of rotatable bonds is 7. The minimum atomic E-state index is -1.77. The maximum absolute atomic E-state index is 12.6.